The van der Waals surface area contributed by atoms with Crippen molar-refractivity contribution in [2.45, 2.75) is 51.1 Å². The molecule has 0 radical (unpaired) electrons. The van der Waals surface area contributed by atoms with E-state index in [0.717, 1.165) is 25.7 Å². The van der Waals surface area contributed by atoms with Crippen LogP contribution in [-0.2, 0) is 9.59 Å². The molecule has 1 aromatic rings. The van der Waals surface area contributed by atoms with Gasteiger partial charge in [0.25, 0.3) is 5.91 Å². The molecule has 1 aromatic heterocycles. The number of nitrogens with zero attached hydrogens (tertiary/aromatic N) is 2. The van der Waals surface area contributed by atoms with Crippen LogP contribution in [-0.4, -0.2) is 44.9 Å². The van der Waals surface area contributed by atoms with Gasteiger partial charge in [-0.25, -0.2) is 9.78 Å². The highest BCUT2D eigenvalue weighted by molar-refractivity contribution is 7.14. The van der Waals surface area contributed by atoms with Crippen LogP contribution in [0.1, 0.15) is 49.5 Å². The summed E-state index contributed by atoms with van der Waals surface area (Å²) in [5.41, 5.74) is 0.205. The van der Waals surface area contributed by atoms with E-state index in [1.54, 1.807) is 5.38 Å². The maximum absolute atomic E-state index is 12.8. The van der Waals surface area contributed by atoms with Crippen molar-refractivity contribution in [1.82, 2.24) is 9.88 Å². The third-order valence-corrected chi connectivity index (χ3v) is 5.37. The summed E-state index contributed by atoms with van der Waals surface area (Å²) in [5.74, 6) is -1.29. The summed E-state index contributed by atoms with van der Waals surface area (Å²) >= 11 is 1.17. The normalized spacial score (nSPS) is 26.7. The summed E-state index contributed by atoms with van der Waals surface area (Å²) in [5, 5.41) is 14.0. The summed E-state index contributed by atoms with van der Waals surface area (Å²) in [6.07, 6.45) is 4.47. The Hall–Kier alpha value is -1.96. The average molecular weight is 337 g/mol. The molecule has 124 valence electrons. The molecule has 0 spiro atoms. The zero-order chi connectivity index (χ0) is 16.6. The van der Waals surface area contributed by atoms with Gasteiger partial charge < -0.3 is 15.3 Å². The average Bonchev–Trinajstić information content (AvgIpc) is 3.10. The third-order valence-electron chi connectivity index (χ3n) is 4.61. The van der Waals surface area contributed by atoms with Crippen molar-refractivity contribution in [2.75, 3.05) is 5.32 Å². The van der Waals surface area contributed by atoms with Gasteiger partial charge in [0.15, 0.2) is 5.13 Å². The molecule has 8 heteroatoms. The quantitative estimate of drug-likeness (QED) is 0.878. The number of fused-ring (bicyclic) bond motifs is 1. The lowest BCUT2D eigenvalue weighted by molar-refractivity contribution is -0.141. The molecule has 0 bridgehead atoms. The fraction of sp³-hybridized carbons (Fsp3) is 0.600. The summed E-state index contributed by atoms with van der Waals surface area (Å²) < 4.78 is 0. The second-order valence-electron chi connectivity index (χ2n) is 6.13. The van der Waals surface area contributed by atoms with Gasteiger partial charge in [0.05, 0.1) is 0 Å². The summed E-state index contributed by atoms with van der Waals surface area (Å²) in [6, 6.07) is -0.787. The Morgan fingerprint density at radius 1 is 1.35 bits per heavy atom. The number of rotatable bonds is 3. The Kier molecular flexibility index (Phi) is 4.34. The zero-order valence-corrected chi connectivity index (χ0v) is 13.6. The van der Waals surface area contributed by atoms with Crippen LogP contribution in [0.4, 0.5) is 5.13 Å². The van der Waals surface area contributed by atoms with Crippen LogP contribution in [0.25, 0.3) is 0 Å². The molecule has 2 N–H and O–H groups in total. The highest BCUT2D eigenvalue weighted by atomic mass is 32.1. The second-order valence-corrected chi connectivity index (χ2v) is 6.99. The minimum atomic E-state index is -0.954. The lowest BCUT2D eigenvalue weighted by Crippen LogP contribution is -2.46. The van der Waals surface area contributed by atoms with Crippen molar-refractivity contribution in [3.8, 4) is 0 Å². The maximum atomic E-state index is 12.8. The minimum absolute atomic E-state index is 0.0109. The van der Waals surface area contributed by atoms with Crippen molar-refractivity contribution in [2.24, 2.45) is 5.92 Å². The van der Waals surface area contributed by atoms with Gasteiger partial charge in [-0.05, 0) is 25.2 Å². The molecule has 7 nitrogen and oxygen atoms in total. The van der Waals surface area contributed by atoms with Crippen LogP contribution >= 0.6 is 11.3 Å². The number of nitrogens with one attached hydrogen (secondary N) is 1. The Labute approximate surface area is 137 Å². The molecule has 1 aliphatic heterocycles. The maximum Gasteiger partial charge on any atom is 0.326 e. The van der Waals surface area contributed by atoms with Gasteiger partial charge in [0.2, 0.25) is 5.91 Å². The third kappa shape index (κ3) is 3.08. The number of thiazole rings is 1. The van der Waals surface area contributed by atoms with Crippen LogP contribution in [0.3, 0.4) is 0 Å². The lowest BCUT2D eigenvalue weighted by Gasteiger charge is -2.32. The first kappa shape index (κ1) is 15.9. The van der Waals surface area contributed by atoms with Crippen LogP contribution in [0.5, 0.6) is 0 Å². The monoisotopic (exact) mass is 337 g/mol. The number of aliphatic carboxylic acids is 1. The molecule has 0 aromatic carbocycles. The number of carbonyl (C=O) groups is 3. The van der Waals surface area contributed by atoms with Crippen molar-refractivity contribution in [1.29, 1.82) is 0 Å². The number of carboxylic acid groups (broad SMARTS) is 1. The van der Waals surface area contributed by atoms with E-state index in [1.807, 2.05) is 0 Å². The smallest absolute Gasteiger partial charge is 0.326 e. The Morgan fingerprint density at radius 2 is 2.09 bits per heavy atom. The molecule has 23 heavy (non-hydrogen) atoms. The van der Waals surface area contributed by atoms with Gasteiger partial charge in [-0.1, -0.05) is 12.8 Å². The van der Waals surface area contributed by atoms with Crippen LogP contribution < -0.4 is 5.32 Å². The van der Waals surface area contributed by atoms with Crippen molar-refractivity contribution >= 4 is 34.3 Å². The summed E-state index contributed by atoms with van der Waals surface area (Å²) in [7, 11) is 0. The zero-order valence-electron chi connectivity index (χ0n) is 12.8. The standard InChI is InChI=1S/C15H19N3O4S/c1-8(19)16-15-17-10(7-23-15)13(20)18-11-5-3-2-4-9(11)6-12(18)14(21)22/h7,9,11-12H,2-6H2,1H3,(H,21,22)(H,16,17,19)/t9-,11-,12+/m1/s1. The number of likely N-dealkylation sites (tertiary alicyclic amines) is 1. The molecule has 3 atom stereocenters. The fourth-order valence-electron chi connectivity index (χ4n) is 3.68. The van der Waals surface area contributed by atoms with E-state index in [2.05, 4.69) is 10.3 Å². The highest BCUT2D eigenvalue weighted by Gasteiger charge is 2.48. The van der Waals surface area contributed by atoms with Crippen LogP contribution in [0, 0.1) is 5.92 Å². The first-order valence-corrected chi connectivity index (χ1v) is 8.64. The number of hydrogen-bond acceptors (Lipinski definition) is 5. The topological polar surface area (TPSA) is 99.6 Å². The molecule has 0 unspecified atom stereocenters. The van der Waals surface area contributed by atoms with Gasteiger partial charge in [-0.3, -0.25) is 9.59 Å². The molecular formula is C15H19N3O4S. The van der Waals surface area contributed by atoms with Gasteiger partial charge >= 0.3 is 5.97 Å². The van der Waals surface area contributed by atoms with Gasteiger partial charge in [0, 0.05) is 18.3 Å². The van der Waals surface area contributed by atoms with E-state index in [9.17, 15) is 19.5 Å². The molecule has 1 saturated carbocycles. The number of carboxylic acids is 1. The van der Waals surface area contributed by atoms with Gasteiger partial charge in [-0.2, -0.15) is 0 Å². The largest absolute Gasteiger partial charge is 0.480 e. The molecular weight excluding hydrogens is 318 g/mol. The highest BCUT2D eigenvalue weighted by Crippen LogP contribution is 2.40. The number of carbonyl (C=O) groups excluding carboxylic acids is 2. The molecule has 2 heterocycles. The Morgan fingerprint density at radius 3 is 2.78 bits per heavy atom. The fourth-order valence-corrected chi connectivity index (χ4v) is 4.42. The summed E-state index contributed by atoms with van der Waals surface area (Å²) in [6.45, 7) is 1.37. The van der Waals surface area contributed by atoms with E-state index in [-0.39, 0.29) is 29.5 Å². The molecule has 2 amide bonds. The van der Waals surface area contributed by atoms with Crippen molar-refractivity contribution in [3.05, 3.63) is 11.1 Å². The number of hydrogen-bond donors (Lipinski definition) is 2. The van der Waals surface area contributed by atoms with Crippen LogP contribution in [0.15, 0.2) is 5.38 Å². The van der Waals surface area contributed by atoms with Crippen molar-refractivity contribution < 1.29 is 19.5 Å². The molecule has 1 aliphatic carbocycles. The molecule has 2 aliphatic rings. The number of aromatic nitrogens is 1. The number of anilines is 1. The van der Waals surface area contributed by atoms with Gasteiger partial charge in [-0.15, -0.1) is 11.3 Å². The van der Waals surface area contributed by atoms with Gasteiger partial charge in [0.1, 0.15) is 11.7 Å². The first-order valence-electron chi connectivity index (χ1n) is 7.76. The molecule has 1 saturated heterocycles. The van der Waals surface area contributed by atoms with E-state index < -0.39 is 12.0 Å². The number of amides is 2. The molecule has 2 fully saturated rings. The van der Waals surface area contributed by atoms with E-state index in [0.29, 0.717) is 11.6 Å². The van der Waals surface area contributed by atoms with E-state index in [1.165, 1.54) is 23.2 Å². The van der Waals surface area contributed by atoms with E-state index >= 15 is 0 Å². The Bertz CT molecular complexity index is 644. The Balaban J connectivity index is 1.84. The van der Waals surface area contributed by atoms with Crippen LogP contribution in [0.2, 0.25) is 0 Å². The minimum Gasteiger partial charge on any atom is -0.480 e. The molecule has 3 rings (SSSR count). The SMILES string of the molecule is CC(=O)Nc1nc(C(=O)N2[C@@H]3CCCC[C@@H]3C[C@H]2C(=O)O)cs1. The van der Waals surface area contributed by atoms with E-state index in [4.69, 9.17) is 0 Å². The lowest BCUT2D eigenvalue weighted by atomic mass is 9.84. The predicted octanol–water partition coefficient (Wildman–Crippen LogP) is 1.96. The second kappa shape index (κ2) is 6.27. The first-order chi connectivity index (χ1) is 11.0. The summed E-state index contributed by atoms with van der Waals surface area (Å²) in [4.78, 5) is 41.1. The predicted molar refractivity (Wildman–Crippen MR) is 84.4 cm³/mol. The van der Waals surface area contributed by atoms with Crippen molar-refractivity contribution in [3.63, 3.8) is 0 Å².